The Kier molecular flexibility index (Phi) is 3.55. The quantitative estimate of drug-likeness (QED) is 0.735. The highest BCUT2D eigenvalue weighted by Gasteiger charge is 2.10. The zero-order valence-electron chi connectivity index (χ0n) is 12.2. The molecule has 0 aromatic carbocycles. The van der Waals surface area contributed by atoms with E-state index in [2.05, 4.69) is 22.6 Å². The molecular weight excluding hydrogens is 272 g/mol. The van der Waals surface area contributed by atoms with Crippen LogP contribution in [0.15, 0.2) is 61.8 Å². The summed E-state index contributed by atoms with van der Waals surface area (Å²) < 4.78 is 1.86. The van der Waals surface area contributed by atoms with Crippen LogP contribution >= 0.6 is 0 Å². The Morgan fingerprint density at radius 1 is 1.18 bits per heavy atom. The lowest BCUT2D eigenvalue weighted by molar-refractivity contribution is 1.01. The van der Waals surface area contributed by atoms with Crippen molar-refractivity contribution in [3.63, 3.8) is 0 Å². The minimum absolute atomic E-state index is 0.605. The number of nitrogens with zero attached hydrogens (tertiary/aromatic N) is 4. The van der Waals surface area contributed by atoms with Crippen molar-refractivity contribution >= 4 is 5.57 Å². The molecule has 0 aliphatic carbocycles. The second kappa shape index (κ2) is 5.66. The summed E-state index contributed by atoms with van der Waals surface area (Å²) in [5.74, 6) is 0.761. The molecule has 3 aromatic rings. The van der Waals surface area contributed by atoms with Gasteiger partial charge in [0.25, 0.3) is 0 Å². The first-order valence-corrected chi connectivity index (χ1v) is 6.84. The zero-order chi connectivity index (χ0) is 15.5. The van der Waals surface area contributed by atoms with Crippen LogP contribution in [-0.2, 0) is 0 Å². The van der Waals surface area contributed by atoms with Gasteiger partial charge in [-0.2, -0.15) is 5.26 Å². The third-order valence-corrected chi connectivity index (χ3v) is 3.44. The lowest BCUT2D eigenvalue weighted by atomic mass is 10.1. The maximum absolute atomic E-state index is 9.37. The van der Waals surface area contributed by atoms with Crippen molar-refractivity contribution in [3.8, 4) is 23.0 Å². The van der Waals surface area contributed by atoms with Crippen LogP contribution in [0.2, 0.25) is 0 Å². The maximum Gasteiger partial charge on any atom is 0.137 e. The van der Waals surface area contributed by atoms with Crippen LogP contribution in [0.4, 0.5) is 0 Å². The predicted octanol–water partition coefficient (Wildman–Crippen LogP) is 3.84. The molecular formula is C18H14N4. The highest BCUT2D eigenvalue weighted by atomic mass is 15.0. The van der Waals surface area contributed by atoms with Crippen molar-refractivity contribution in [2.24, 2.45) is 0 Å². The molecule has 0 amide bonds. The average Bonchev–Trinajstić information content (AvgIpc) is 3.00. The maximum atomic E-state index is 9.37. The number of hydrogen-bond acceptors (Lipinski definition) is 3. The van der Waals surface area contributed by atoms with E-state index in [4.69, 9.17) is 0 Å². The van der Waals surface area contributed by atoms with Gasteiger partial charge in [-0.25, -0.2) is 4.98 Å². The fourth-order valence-corrected chi connectivity index (χ4v) is 2.26. The van der Waals surface area contributed by atoms with Crippen molar-refractivity contribution in [1.82, 2.24) is 14.5 Å². The first-order chi connectivity index (χ1) is 10.7. The highest BCUT2D eigenvalue weighted by Crippen LogP contribution is 2.25. The summed E-state index contributed by atoms with van der Waals surface area (Å²) in [7, 11) is 0. The van der Waals surface area contributed by atoms with Crippen LogP contribution in [0.5, 0.6) is 0 Å². The Morgan fingerprint density at radius 3 is 2.64 bits per heavy atom. The Bertz CT molecular complexity index is 870. The van der Waals surface area contributed by atoms with Crippen molar-refractivity contribution in [1.29, 1.82) is 5.26 Å². The van der Waals surface area contributed by atoms with E-state index < -0.39 is 0 Å². The van der Waals surface area contributed by atoms with Gasteiger partial charge in [-0.05, 0) is 42.3 Å². The van der Waals surface area contributed by atoms with Gasteiger partial charge in [-0.1, -0.05) is 12.2 Å². The largest absolute Gasteiger partial charge is 0.307 e. The Balaban J connectivity index is 2.11. The van der Waals surface area contributed by atoms with Gasteiger partial charge in [0, 0.05) is 36.5 Å². The molecule has 3 heterocycles. The van der Waals surface area contributed by atoms with Crippen LogP contribution in [-0.4, -0.2) is 14.5 Å². The van der Waals surface area contributed by atoms with Crippen LogP contribution in [0.3, 0.4) is 0 Å². The third-order valence-electron chi connectivity index (χ3n) is 3.44. The van der Waals surface area contributed by atoms with Crippen LogP contribution in [0, 0.1) is 11.3 Å². The van der Waals surface area contributed by atoms with Gasteiger partial charge < -0.3 is 4.57 Å². The third kappa shape index (κ3) is 2.52. The number of pyridine rings is 2. The van der Waals surface area contributed by atoms with E-state index >= 15 is 0 Å². The van der Waals surface area contributed by atoms with Crippen LogP contribution < -0.4 is 0 Å². The summed E-state index contributed by atoms with van der Waals surface area (Å²) in [4.78, 5) is 8.39. The highest BCUT2D eigenvalue weighted by molar-refractivity contribution is 5.70. The smallest absolute Gasteiger partial charge is 0.137 e. The number of nitriles is 1. The molecule has 4 nitrogen and oxygen atoms in total. The number of aromatic nitrogens is 3. The van der Waals surface area contributed by atoms with Gasteiger partial charge in [-0.15, -0.1) is 0 Å². The van der Waals surface area contributed by atoms with Gasteiger partial charge in [0.05, 0.1) is 5.56 Å². The average molecular weight is 286 g/mol. The minimum Gasteiger partial charge on any atom is -0.307 e. The van der Waals surface area contributed by atoms with Gasteiger partial charge in [0.1, 0.15) is 11.9 Å². The Labute approximate surface area is 129 Å². The molecule has 22 heavy (non-hydrogen) atoms. The molecule has 0 atom stereocenters. The van der Waals surface area contributed by atoms with E-state index in [1.165, 1.54) is 0 Å². The molecule has 0 spiro atoms. The normalized spacial score (nSPS) is 10.2. The van der Waals surface area contributed by atoms with Gasteiger partial charge >= 0.3 is 0 Å². The summed E-state index contributed by atoms with van der Waals surface area (Å²) in [5.41, 5.74) is 4.44. The molecule has 0 fully saturated rings. The van der Waals surface area contributed by atoms with E-state index in [9.17, 15) is 5.26 Å². The molecule has 0 aliphatic heterocycles. The van der Waals surface area contributed by atoms with Gasteiger partial charge in [-0.3, -0.25) is 4.98 Å². The Hall–Kier alpha value is -3.19. The molecule has 4 heteroatoms. The lowest BCUT2D eigenvalue weighted by Crippen LogP contribution is -1.94. The summed E-state index contributed by atoms with van der Waals surface area (Å²) >= 11 is 0. The second-order valence-corrected chi connectivity index (χ2v) is 5.02. The molecule has 0 N–H and O–H groups in total. The predicted molar refractivity (Wildman–Crippen MR) is 86.2 cm³/mol. The summed E-state index contributed by atoms with van der Waals surface area (Å²) in [5, 5.41) is 9.37. The van der Waals surface area contributed by atoms with Gasteiger partial charge in [0.2, 0.25) is 0 Å². The van der Waals surface area contributed by atoms with Crippen molar-refractivity contribution in [2.75, 3.05) is 0 Å². The molecule has 0 bridgehead atoms. The van der Waals surface area contributed by atoms with Gasteiger partial charge in [0.15, 0.2) is 0 Å². The number of rotatable bonds is 3. The fourth-order valence-electron chi connectivity index (χ4n) is 2.26. The SMILES string of the molecule is C=C(C)c1ccnc(-n2cc(C#N)c(-c3ccncc3)c2)c1. The van der Waals surface area contributed by atoms with Crippen molar-refractivity contribution < 1.29 is 0 Å². The topological polar surface area (TPSA) is 54.5 Å². The molecule has 0 aliphatic rings. The first-order valence-electron chi connectivity index (χ1n) is 6.84. The molecule has 0 unspecified atom stereocenters. The standard InChI is InChI=1S/C18H14N4/c1-13(2)15-5-8-21-18(9-15)22-11-16(10-19)17(12-22)14-3-6-20-7-4-14/h3-9,11-12H,1H2,2H3. The van der Waals surface area contributed by atoms with Crippen LogP contribution in [0.1, 0.15) is 18.1 Å². The second-order valence-electron chi connectivity index (χ2n) is 5.02. The number of allylic oxidation sites excluding steroid dienone is 1. The number of hydrogen-bond donors (Lipinski definition) is 0. The van der Waals surface area contributed by atoms with E-state index in [-0.39, 0.29) is 0 Å². The van der Waals surface area contributed by atoms with E-state index in [0.717, 1.165) is 28.1 Å². The molecule has 3 rings (SSSR count). The van der Waals surface area contributed by atoms with E-state index in [1.807, 2.05) is 42.0 Å². The monoisotopic (exact) mass is 286 g/mol. The van der Waals surface area contributed by atoms with E-state index in [0.29, 0.717) is 5.56 Å². The zero-order valence-corrected chi connectivity index (χ0v) is 12.2. The summed E-state index contributed by atoms with van der Waals surface area (Å²) in [6, 6.07) is 9.89. The summed E-state index contributed by atoms with van der Waals surface area (Å²) in [6.07, 6.45) is 8.89. The van der Waals surface area contributed by atoms with Crippen molar-refractivity contribution in [2.45, 2.75) is 6.92 Å². The summed E-state index contributed by atoms with van der Waals surface area (Å²) in [6.45, 7) is 5.91. The lowest BCUT2D eigenvalue weighted by Gasteiger charge is -2.04. The minimum atomic E-state index is 0.605. The fraction of sp³-hybridized carbons (Fsp3) is 0.0556. The van der Waals surface area contributed by atoms with Crippen molar-refractivity contribution in [3.05, 3.63) is 73.0 Å². The van der Waals surface area contributed by atoms with Crippen LogP contribution in [0.25, 0.3) is 22.5 Å². The molecule has 3 aromatic heterocycles. The molecule has 0 saturated heterocycles. The molecule has 106 valence electrons. The first kappa shape index (κ1) is 13.8. The molecule has 0 saturated carbocycles. The Morgan fingerprint density at radius 2 is 1.95 bits per heavy atom. The van der Waals surface area contributed by atoms with E-state index in [1.54, 1.807) is 24.8 Å². The molecule has 0 radical (unpaired) electrons.